The van der Waals surface area contributed by atoms with Crippen LogP contribution in [0.25, 0.3) is 0 Å². The lowest BCUT2D eigenvalue weighted by atomic mass is 10.1. The molecule has 1 fully saturated rings. The molecular weight excluding hydrogens is 304 g/mol. The predicted molar refractivity (Wildman–Crippen MR) is 84.5 cm³/mol. The largest absolute Gasteiger partial charge is 0.378 e. The Morgan fingerprint density at radius 1 is 1.45 bits per heavy atom. The highest BCUT2D eigenvalue weighted by atomic mass is 35.5. The van der Waals surface area contributed by atoms with Gasteiger partial charge in [-0.3, -0.25) is 9.59 Å². The Hall–Kier alpha value is -1.59. The van der Waals surface area contributed by atoms with Gasteiger partial charge in [0, 0.05) is 38.1 Å². The SMILES string of the molecule is CN(CCN1CCCCC1=O)C(=O)C(O)c1cccc(Cl)c1. The van der Waals surface area contributed by atoms with Gasteiger partial charge >= 0.3 is 0 Å². The van der Waals surface area contributed by atoms with Crippen molar-refractivity contribution < 1.29 is 14.7 Å². The Bertz CT molecular complexity index is 550. The standard InChI is InChI=1S/C16H21ClN2O3/c1-18(9-10-19-8-3-2-7-14(19)20)16(22)15(21)12-5-4-6-13(17)11-12/h4-6,11,15,21H,2-3,7-10H2,1H3. The number of piperidine rings is 1. The molecule has 0 spiro atoms. The lowest BCUT2D eigenvalue weighted by Crippen LogP contribution is -2.42. The third-order valence-corrected chi connectivity index (χ3v) is 4.14. The molecule has 5 nitrogen and oxygen atoms in total. The monoisotopic (exact) mass is 324 g/mol. The Morgan fingerprint density at radius 2 is 2.23 bits per heavy atom. The molecule has 1 unspecified atom stereocenters. The van der Waals surface area contributed by atoms with E-state index in [0.717, 1.165) is 19.4 Å². The van der Waals surface area contributed by atoms with E-state index in [2.05, 4.69) is 0 Å². The summed E-state index contributed by atoms with van der Waals surface area (Å²) in [6, 6.07) is 6.62. The molecule has 1 aromatic rings. The average Bonchev–Trinajstić information content (AvgIpc) is 2.52. The van der Waals surface area contributed by atoms with Crippen LogP contribution in [0.15, 0.2) is 24.3 Å². The molecule has 1 aliphatic heterocycles. The van der Waals surface area contributed by atoms with Gasteiger partial charge in [0.2, 0.25) is 5.91 Å². The Labute approximate surface area is 135 Å². The van der Waals surface area contributed by atoms with E-state index in [0.29, 0.717) is 30.1 Å². The zero-order valence-electron chi connectivity index (χ0n) is 12.7. The fourth-order valence-electron chi connectivity index (χ4n) is 2.51. The Kier molecular flexibility index (Phi) is 5.80. The summed E-state index contributed by atoms with van der Waals surface area (Å²) in [4.78, 5) is 27.2. The summed E-state index contributed by atoms with van der Waals surface area (Å²) < 4.78 is 0. The molecule has 1 heterocycles. The summed E-state index contributed by atoms with van der Waals surface area (Å²) in [6.07, 6.45) is 1.30. The second kappa shape index (κ2) is 7.61. The second-order valence-electron chi connectivity index (χ2n) is 5.56. The molecular formula is C16H21ClN2O3. The quantitative estimate of drug-likeness (QED) is 0.899. The number of amides is 2. The first-order valence-electron chi connectivity index (χ1n) is 7.45. The highest BCUT2D eigenvalue weighted by Crippen LogP contribution is 2.19. The summed E-state index contributed by atoms with van der Waals surface area (Å²) in [7, 11) is 1.63. The van der Waals surface area contributed by atoms with Crippen LogP contribution in [0.1, 0.15) is 30.9 Å². The summed E-state index contributed by atoms with van der Waals surface area (Å²) in [5, 5.41) is 10.6. The first kappa shape index (κ1) is 16.8. The van der Waals surface area contributed by atoms with Crippen LogP contribution in [-0.4, -0.2) is 53.4 Å². The lowest BCUT2D eigenvalue weighted by molar-refractivity contribution is -0.141. The maximum atomic E-state index is 12.2. The molecule has 0 aromatic heterocycles. The minimum atomic E-state index is -1.24. The number of aliphatic hydroxyl groups excluding tert-OH is 1. The fourth-order valence-corrected chi connectivity index (χ4v) is 2.71. The fraction of sp³-hybridized carbons (Fsp3) is 0.500. The number of likely N-dealkylation sites (N-methyl/N-ethyl adjacent to an activating group) is 1. The third-order valence-electron chi connectivity index (χ3n) is 3.90. The number of aliphatic hydroxyl groups is 1. The van der Waals surface area contributed by atoms with E-state index in [1.54, 1.807) is 36.2 Å². The molecule has 0 aliphatic carbocycles. The van der Waals surface area contributed by atoms with Gasteiger partial charge < -0.3 is 14.9 Å². The predicted octanol–water partition coefficient (Wildman–Crippen LogP) is 1.84. The van der Waals surface area contributed by atoms with Crippen LogP contribution in [0.3, 0.4) is 0 Å². The van der Waals surface area contributed by atoms with E-state index in [9.17, 15) is 14.7 Å². The number of carbonyl (C=O) groups is 2. The van der Waals surface area contributed by atoms with Crippen molar-refractivity contribution in [2.24, 2.45) is 0 Å². The highest BCUT2D eigenvalue weighted by molar-refractivity contribution is 6.30. The van der Waals surface area contributed by atoms with E-state index in [4.69, 9.17) is 11.6 Å². The topological polar surface area (TPSA) is 60.9 Å². The number of hydrogen-bond acceptors (Lipinski definition) is 3. The number of benzene rings is 1. The van der Waals surface area contributed by atoms with Gasteiger partial charge in [0.05, 0.1) is 0 Å². The third kappa shape index (κ3) is 4.21. The van der Waals surface area contributed by atoms with Crippen LogP contribution in [0, 0.1) is 0 Å². The molecule has 1 aromatic carbocycles. The molecule has 22 heavy (non-hydrogen) atoms. The van der Waals surface area contributed by atoms with Crippen LogP contribution in [0.2, 0.25) is 5.02 Å². The number of nitrogens with zero attached hydrogens (tertiary/aromatic N) is 2. The van der Waals surface area contributed by atoms with Crippen molar-refractivity contribution >= 4 is 23.4 Å². The maximum absolute atomic E-state index is 12.2. The van der Waals surface area contributed by atoms with Crippen molar-refractivity contribution in [2.45, 2.75) is 25.4 Å². The highest BCUT2D eigenvalue weighted by Gasteiger charge is 2.23. The molecule has 1 atom stereocenters. The van der Waals surface area contributed by atoms with Gasteiger partial charge in [-0.25, -0.2) is 0 Å². The first-order chi connectivity index (χ1) is 10.5. The van der Waals surface area contributed by atoms with Gasteiger partial charge in [-0.15, -0.1) is 0 Å². The van der Waals surface area contributed by atoms with E-state index < -0.39 is 12.0 Å². The Morgan fingerprint density at radius 3 is 2.91 bits per heavy atom. The van der Waals surface area contributed by atoms with E-state index in [-0.39, 0.29) is 5.91 Å². The number of halogens is 1. The molecule has 2 amide bonds. The van der Waals surface area contributed by atoms with Crippen LogP contribution < -0.4 is 0 Å². The van der Waals surface area contributed by atoms with Gasteiger partial charge in [-0.1, -0.05) is 23.7 Å². The second-order valence-corrected chi connectivity index (χ2v) is 5.99. The number of rotatable bonds is 5. The minimum Gasteiger partial charge on any atom is -0.378 e. The average molecular weight is 325 g/mol. The summed E-state index contributed by atoms with van der Waals surface area (Å²) in [5.41, 5.74) is 0.471. The van der Waals surface area contributed by atoms with Crippen LogP contribution in [0.4, 0.5) is 0 Å². The smallest absolute Gasteiger partial charge is 0.255 e. The zero-order chi connectivity index (χ0) is 16.1. The molecule has 0 radical (unpaired) electrons. The maximum Gasteiger partial charge on any atom is 0.255 e. The van der Waals surface area contributed by atoms with Gasteiger partial charge in [0.1, 0.15) is 0 Å². The van der Waals surface area contributed by atoms with Gasteiger partial charge in [0.15, 0.2) is 6.10 Å². The van der Waals surface area contributed by atoms with Gasteiger partial charge in [-0.05, 0) is 30.5 Å². The molecule has 0 saturated carbocycles. The first-order valence-corrected chi connectivity index (χ1v) is 7.83. The molecule has 1 aliphatic rings. The van der Waals surface area contributed by atoms with Gasteiger partial charge in [-0.2, -0.15) is 0 Å². The van der Waals surface area contributed by atoms with Crippen molar-refractivity contribution in [1.29, 1.82) is 0 Å². The molecule has 1 N–H and O–H groups in total. The van der Waals surface area contributed by atoms with E-state index in [1.165, 1.54) is 4.90 Å². The van der Waals surface area contributed by atoms with Crippen molar-refractivity contribution in [3.05, 3.63) is 34.9 Å². The molecule has 0 bridgehead atoms. The normalized spacial score (nSPS) is 16.5. The van der Waals surface area contributed by atoms with Gasteiger partial charge in [0.25, 0.3) is 5.91 Å². The molecule has 2 rings (SSSR count). The number of likely N-dealkylation sites (tertiary alicyclic amines) is 1. The zero-order valence-corrected chi connectivity index (χ0v) is 13.4. The molecule has 1 saturated heterocycles. The molecule has 120 valence electrons. The van der Waals surface area contributed by atoms with E-state index >= 15 is 0 Å². The summed E-state index contributed by atoms with van der Waals surface area (Å²) in [5.74, 6) is -0.255. The summed E-state index contributed by atoms with van der Waals surface area (Å²) in [6.45, 7) is 1.66. The van der Waals surface area contributed by atoms with Crippen LogP contribution >= 0.6 is 11.6 Å². The summed E-state index contributed by atoms with van der Waals surface area (Å²) >= 11 is 5.87. The Balaban J connectivity index is 1.89. The number of hydrogen-bond donors (Lipinski definition) is 1. The van der Waals surface area contributed by atoms with Crippen molar-refractivity contribution in [2.75, 3.05) is 26.7 Å². The van der Waals surface area contributed by atoms with E-state index in [1.807, 2.05) is 0 Å². The van der Waals surface area contributed by atoms with Crippen LogP contribution in [0.5, 0.6) is 0 Å². The van der Waals surface area contributed by atoms with Crippen LogP contribution in [-0.2, 0) is 9.59 Å². The van der Waals surface area contributed by atoms with Crippen molar-refractivity contribution in [1.82, 2.24) is 9.80 Å². The number of carbonyl (C=O) groups excluding carboxylic acids is 2. The minimum absolute atomic E-state index is 0.141. The van der Waals surface area contributed by atoms with Crippen molar-refractivity contribution in [3.8, 4) is 0 Å². The molecule has 6 heteroatoms. The van der Waals surface area contributed by atoms with Crippen molar-refractivity contribution in [3.63, 3.8) is 0 Å². The lowest BCUT2D eigenvalue weighted by Gasteiger charge is -2.29.